The normalized spacial score (nSPS) is 13.8. The van der Waals surface area contributed by atoms with Gasteiger partial charge in [-0.1, -0.05) is 48.5 Å². The van der Waals surface area contributed by atoms with Crippen LogP contribution >= 0.6 is 0 Å². The minimum absolute atomic E-state index is 0.161. The van der Waals surface area contributed by atoms with E-state index in [2.05, 4.69) is 10.3 Å². The molecule has 0 unspecified atom stereocenters. The van der Waals surface area contributed by atoms with Crippen molar-refractivity contribution >= 4 is 17.7 Å². The van der Waals surface area contributed by atoms with Crippen LogP contribution in [0.4, 0.5) is 0 Å². The maximum Gasteiger partial charge on any atom is 0.261 e. The number of benzene rings is 2. The number of carbonyl (C=O) groups excluding carboxylic acids is 3. The van der Waals surface area contributed by atoms with Crippen LogP contribution in [0.3, 0.4) is 0 Å². The van der Waals surface area contributed by atoms with Gasteiger partial charge in [-0.05, 0) is 36.2 Å². The molecule has 30 heavy (non-hydrogen) atoms. The summed E-state index contributed by atoms with van der Waals surface area (Å²) in [6, 6.07) is 21.6. The summed E-state index contributed by atoms with van der Waals surface area (Å²) in [6.45, 7) is 0.208. The van der Waals surface area contributed by atoms with E-state index in [9.17, 15) is 14.4 Å². The lowest BCUT2D eigenvalue weighted by molar-refractivity contribution is -0.121. The first-order valence-electron chi connectivity index (χ1n) is 9.85. The first kappa shape index (κ1) is 19.5. The fourth-order valence-electron chi connectivity index (χ4n) is 3.59. The molecule has 2 aromatic carbocycles. The molecule has 0 radical (unpaired) electrons. The van der Waals surface area contributed by atoms with Gasteiger partial charge in [0.15, 0.2) is 0 Å². The van der Waals surface area contributed by atoms with Gasteiger partial charge in [-0.2, -0.15) is 0 Å². The molecular weight excluding hydrogens is 378 g/mol. The predicted molar refractivity (Wildman–Crippen MR) is 112 cm³/mol. The fraction of sp³-hybridized carbons (Fsp3) is 0.167. The third kappa shape index (κ3) is 3.98. The van der Waals surface area contributed by atoms with Gasteiger partial charge in [0.2, 0.25) is 5.91 Å². The number of hydrogen-bond acceptors (Lipinski definition) is 4. The monoisotopic (exact) mass is 399 g/mol. The van der Waals surface area contributed by atoms with E-state index in [1.54, 1.807) is 30.5 Å². The minimum Gasteiger partial charge on any atom is -0.344 e. The molecule has 150 valence electrons. The van der Waals surface area contributed by atoms with Crippen LogP contribution in [0.2, 0.25) is 0 Å². The molecule has 4 rings (SSSR count). The number of imide groups is 1. The summed E-state index contributed by atoms with van der Waals surface area (Å²) in [4.78, 5) is 43.1. The van der Waals surface area contributed by atoms with Gasteiger partial charge in [0.1, 0.15) is 0 Å². The Morgan fingerprint density at radius 2 is 1.50 bits per heavy atom. The lowest BCUT2D eigenvalue weighted by Crippen LogP contribution is -2.33. The summed E-state index contributed by atoms with van der Waals surface area (Å²) in [7, 11) is 0. The zero-order valence-corrected chi connectivity index (χ0v) is 16.3. The Labute approximate surface area is 174 Å². The maximum atomic E-state index is 12.6. The van der Waals surface area contributed by atoms with Crippen LogP contribution in [-0.4, -0.2) is 34.2 Å². The number of hydrogen-bond donors (Lipinski definition) is 1. The molecule has 1 aromatic heterocycles. The first-order valence-corrected chi connectivity index (χ1v) is 9.85. The van der Waals surface area contributed by atoms with Gasteiger partial charge in [-0.3, -0.25) is 24.3 Å². The van der Waals surface area contributed by atoms with E-state index in [4.69, 9.17) is 0 Å². The number of carbonyl (C=O) groups is 3. The lowest BCUT2D eigenvalue weighted by Gasteiger charge is -2.19. The number of nitrogens with one attached hydrogen (secondary N) is 1. The summed E-state index contributed by atoms with van der Waals surface area (Å²) in [5.41, 5.74) is 2.53. The molecule has 2 heterocycles. The SMILES string of the molecule is O=C(CCCN1C(=O)c2ccccc2C1=O)N[C@H](c1ccccc1)c1ccccn1. The zero-order valence-electron chi connectivity index (χ0n) is 16.3. The minimum atomic E-state index is -0.362. The molecule has 3 aromatic rings. The quantitative estimate of drug-likeness (QED) is 0.618. The van der Waals surface area contributed by atoms with Crippen molar-refractivity contribution < 1.29 is 14.4 Å². The largest absolute Gasteiger partial charge is 0.344 e. The number of amides is 3. The van der Waals surface area contributed by atoms with Crippen molar-refractivity contribution in [1.29, 1.82) is 0 Å². The Kier molecular flexibility index (Phi) is 5.66. The zero-order chi connectivity index (χ0) is 20.9. The molecule has 1 aliphatic heterocycles. The second-order valence-corrected chi connectivity index (χ2v) is 7.08. The molecule has 1 atom stereocenters. The second kappa shape index (κ2) is 8.69. The molecule has 0 saturated carbocycles. The van der Waals surface area contributed by atoms with E-state index in [-0.39, 0.29) is 36.7 Å². The third-order valence-corrected chi connectivity index (χ3v) is 5.09. The predicted octanol–water partition coefficient (Wildman–Crippen LogP) is 3.36. The van der Waals surface area contributed by atoms with Crippen molar-refractivity contribution in [3.05, 3.63) is 101 Å². The van der Waals surface area contributed by atoms with Crippen LogP contribution in [0.1, 0.15) is 50.9 Å². The topological polar surface area (TPSA) is 79.4 Å². The van der Waals surface area contributed by atoms with Gasteiger partial charge in [-0.25, -0.2) is 0 Å². The molecule has 6 nitrogen and oxygen atoms in total. The Hall–Kier alpha value is -3.80. The highest BCUT2D eigenvalue weighted by Gasteiger charge is 2.34. The highest BCUT2D eigenvalue weighted by Crippen LogP contribution is 2.23. The van der Waals surface area contributed by atoms with Gasteiger partial charge in [0, 0.05) is 19.2 Å². The highest BCUT2D eigenvalue weighted by molar-refractivity contribution is 6.21. The maximum absolute atomic E-state index is 12.6. The van der Waals surface area contributed by atoms with E-state index in [1.807, 2.05) is 48.5 Å². The molecule has 0 saturated heterocycles. The lowest BCUT2D eigenvalue weighted by atomic mass is 10.0. The van der Waals surface area contributed by atoms with E-state index in [0.29, 0.717) is 17.5 Å². The second-order valence-electron chi connectivity index (χ2n) is 7.08. The highest BCUT2D eigenvalue weighted by atomic mass is 16.2. The number of nitrogens with zero attached hydrogens (tertiary/aromatic N) is 2. The smallest absolute Gasteiger partial charge is 0.261 e. The van der Waals surface area contributed by atoms with Crippen molar-refractivity contribution in [2.45, 2.75) is 18.9 Å². The summed E-state index contributed by atoms with van der Waals surface area (Å²) >= 11 is 0. The average Bonchev–Trinajstić information content (AvgIpc) is 3.04. The van der Waals surface area contributed by atoms with Gasteiger partial charge in [0.25, 0.3) is 11.8 Å². The summed E-state index contributed by atoms with van der Waals surface area (Å²) < 4.78 is 0. The summed E-state index contributed by atoms with van der Waals surface area (Å²) in [6.07, 6.45) is 2.28. The van der Waals surface area contributed by atoms with E-state index < -0.39 is 0 Å². The average molecular weight is 399 g/mol. The van der Waals surface area contributed by atoms with Crippen molar-refractivity contribution in [3.63, 3.8) is 0 Å². The van der Waals surface area contributed by atoms with Crippen molar-refractivity contribution in [1.82, 2.24) is 15.2 Å². The Balaban J connectivity index is 1.38. The van der Waals surface area contributed by atoms with Crippen LogP contribution < -0.4 is 5.32 Å². The Morgan fingerprint density at radius 1 is 0.867 bits per heavy atom. The number of pyridine rings is 1. The van der Waals surface area contributed by atoms with E-state index >= 15 is 0 Å². The summed E-state index contributed by atoms with van der Waals surface area (Å²) in [5.74, 6) is -0.760. The molecule has 0 aliphatic carbocycles. The Morgan fingerprint density at radius 3 is 2.13 bits per heavy atom. The standard InChI is InChI=1S/C24H21N3O3/c28-21(14-8-16-27-23(29)18-11-4-5-12-19(18)24(27)30)26-22(17-9-2-1-3-10-17)20-13-6-7-15-25-20/h1-7,9-13,15,22H,8,14,16H2,(H,26,28)/t22-/m1/s1. The molecule has 0 bridgehead atoms. The third-order valence-electron chi connectivity index (χ3n) is 5.09. The number of rotatable bonds is 7. The molecular formula is C24H21N3O3. The molecule has 1 aliphatic rings. The van der Waals surface area contributed by atoms with E-state index in [1.165, 1.54) is 4.90 Å². The first-order chi connectivity index (χ1) is 14.6. The van der Waals surface area contributed by atoms with Crippen LogP contribution in [0.25, 0.3) is 0 Å². The van der Waals surface area contributed by atoms with Crippen LogP contribution in [0, 0.1) is 0 Å². The van der Waals surface area contributed by atoms with Crippen LogP contribution in [0.15, 0.2) is 79.0 Å². The molecule has 3 amide bonds. The number of fused-ring (bicyclic) bond motifs is 1. The van der Waals surface area contributed by atoms with Gasteiger partial charge in [-0.15, -0.1) is 0 Å². The molecule has 0 spiro atoms. The number of aromatic nitrogens is 1. The summed E-state index contributed by atoms with van der Waals surface area (Å²) in [5, 5.41) is 3.02. The van der Waals surface area contributed by atoms with E-state index in [0.717, 1.165) is 11.3 Å². The fourth-order valence-corrected chi connectivity index (χ4v) is 3.59. The molecule has 1 N–H and O–H groups in total. The van der Waals surface area contributed by atoms with Gasteiger partial charge < -0.3 is 5.32 Å². The van der Waals surface area contributed by atoms with Gasteiger partial charge >= 0.3 is 0 Å². The van der Waals surface area contributed by atoms with Crippen molar-refractivity contribution in [2.75, 3.05) is 6.54 Å². The van der Waals surface area contributed by atoms with Crippen molar-refractivity contribution in [3.8, 4) is 0 Å². The molecule has 0 fully saturated rings. The van der Waals surface area contributed by atoms with Crippen molar-refractivity contribution in [2.24, 2.45) is 0 Å². The Bertz CT molecular complexity index is 993. The molecule has 6 heteroatoms. The van der Waals surface area contributed by atoms with Crippen LogP contribution in [0.5, 0.6) is 0 Å². The van der Waals surface area contributed by atoms with Gasteiger partial charge in [0.05, 0.1) is 22.9 Å². The van der Waals surface area contributed by atoms with Crippen LogP contribution in [-0.2, 0) is 4.79 Å².